The molecule has 2 rings (SSSR count). The highest BCUT2D eigenvalue weighted by Crippen LogP contribution is 2.38. The summed E-state index contributed by atoms with van der Waals surface area (Å²) in [5.41, 5.74) is 0. The fourth-order valence-corrected chi connectivity index (χ4v) is 3.43. The van der Waals surface area contributed by atoms with Crippen LogP contribution in [0.2, 0.25) is 0 Å². The van der Waals surface area contributed by atoms with Gasteiger partial charge in [-0.2, -0.15) is 22.0 Å². The fraction of sp³-hybridized carbons (Fsp3) is 0.737. The second kappa shape index (κ2) is 9.82. The molecule has 0 aromatic carbocycles. The minimum Gasteiger partial charge on any atom is -0.406 e. The zero-order valence-corrected chi connectivity index (χ0v) is 15.4. The minimum atomic E-state index is -6.03. The van der Waals surface area contributed by atoms with Crippen molar-refractivity contribution in [3.05, 3.63) is 24.8 Å². The van der Waals surface area contributed by atoms with E-state index < -0.39 is 24.5 Å². The van der Waals surface area contributed by atoms with Crippen molar-refractivity contribution in [1.29, 1.82) is 0 Å². The van der Waals surface area contributed by atoms with Crippen molar-refractivity contribution in [3.8, 4) is 0 Å². The Hall–Kier alpha value is -1.48. The number of unbranched alkanes of at least 4 members (excludes halogenated alkanes) is 1. The van der Waals surface area contributed by atoms with E-state index in [4.69, 9.17) is 9.47 Å². The molecule has 160 valence electrons. The molecule has 0 spiro atoms. The molecule has 0 aromatic heterocycles. The van der Waals surface area contributed by atoms with Crippen LogP contribution in [0.15, 0.2) is 24.8 Å². The first-order valence-electron chi connectivity index (χ1n) is 9.31. The van der Waals surface area contributed by atoms with Crippen LogP contribution in [0.5, 0.6) is 0 Å². The fourth-order valence-electron chi connectivity index (χ4n) is 3.43. The maximum atomic E-state index is 12.9. The van der Waals surface area contributed by atoms with Crippen molar-refractivity contribution in [2.45, 2.75) is 57.1 Å². The van der Waals surface area contributed by atoms with Gasteiger partial charge in [-0.1, -0.05) is 18.2 Å². The van der Waals surface area contributed by atoms with E-state index in [-0.39, 0.29) is 19.1 Å². The first kappa shape index (κ1) is 22.8. The lowest BCUT2D eigenvalue weighted by molar-refractivity contribution is -0.335. The average Bonchev–Trinajstić information content (AvgIpc) is 2.65. The van der Waals surface area contributed by atoms with E-state index in [1.807, 2.05) is 6.08 Å². The molecule has 1 aliphatic heterocycles. The molecule has 0 bridgehead atoms. The van der Waals surface area contributed by atoms with Gasteiger partial charge in [-0.05, 0) is 50.4 Å². The van der Waals surface area contributed by atoms with Crippen molar-refractivity contribution < 1.29 is 41.0 Å². The van der Waals surface area contributed by atoms with Gasteiger partial charge in [0.2, 0.25) is 0 Å². The first-order valence-corrected chi connectivity index (χ1v) is 9.31. The molecule has 1 saturated carbocycles. The van der Waals surface area contributed by atoms with E-state index in [1.54, 1.807) is 0 Å². The molecule has 4 nitrogen and oxygen atoms in total. The number of alkyl halides is 5. The Morgan fingerprint density at radius 3 is 2.14 bits per heavy atom. The molecule has 2 fully saturated rings. The number of allylic oxidation sites excluding steroid dienone is 3. The van der Waals surface area contributed by atoms with E-state index in [9.17, 15) is 26.7 Å². The Morgan fingerprint density at radius 1 is 1.00 bits per heavy atom. The van der Waals surface area contributed by atoms with Crippen LogP contribution < -0.4 is 0 Å². The standard InChI is InChI=1S/C19H25F5O4/c1-2-3-4-5-6-13-7-9-14(10-8-13)15-11-26-17(27-12-15)28-16(25)18(20,21)19(22,23)24/h2,5-6,13-15,17H,1,3-4,7-12H2/b6-5+. The van der Waals surface area contributed by atoms with Crippen LogP contribution in [0.3, 0.4) is 0 Å². The molecule has 1 heterocycles. The maximum absolute atomic E-state index is 12.9. The number of esters is 1. The van der Waals surface area contributed by atoms with Gasteiger partial charge in [0.15, 0.2) is 0 Å². The molecule has 0 atom stereocenters. The van der Waals surface area contributed by atoms with E-state index in [0.717, 1.165) is 38.5 Å². The lowest BCUT2D eigenvalue weighted by atomic mass is 9.76. The summed E-state index contributed by atoms with van der Waals surface area (Å²) in [6, 6.07) is 0. The number of ether oxygens (including phenoxy) is 3. The van der Waals surface area contributed by atoms with E-state index in [2.05, 4.69) is 23.5 Å². The Balaban J connectivity index is 1.72. The molecule has 0 amide bonds. The number of hydrogen-bond donors (Lipinski definition) is 0. The normalized spacial score (nSPS) is 29.6. The van der Waals surface area contributed by atoms with Gasteiger partial charge in [0.25, 0.3) is 0 Å². The Labute approximate surface area is 160 Å². The summed E-state index contributed by atoms with van der Waals surface area (Å²) in [7, 11) is 0. The second-order valence-electron chi connectivity index (χ2n) is 7.16. The van der Waals surface area contributed by atoms with Crippen molar-refractivity contribution in [3.63, 3.8) is 0 Å². The molecule has 28 heavy (non-hydrogen) atoms. The van der Waals surface area contributed by atoms with Gasteiger partial charge in [0.05, 0.1) is 13.2 Å². The first-order chi connectivity index (χ1) is 13.1. The quantitative estimate of drug-likeness (QED) is 0.255. The molecule has 0 unspecified atom stereocenters. The van der Waals surface area contributed by atoms with Crippen LogP contribution in [0.25, 0.3) is 0 Å². The summed E-state index contributed by atoms with van der Waals surface area (Å²) in [5, 5.41) is 0. The number of carbonyl (C=O) groups excluding carboxylic acids is 1. The highest BCUT2D eigenvalue weighted by Gasteiger charge is 2.65. The molecule has 2 aliphatic rings. The van der Waals surface area contributed by atoms with E-state index >= 15 is 0 Å². The van der Waals surface area contributed by atoms with Gasteiger partial charge >= 0.3 is 24.5 Å². The van der Waals surface area contributed by atoms with E-state index in [0.29, 0.717) is 11.8 Å². The zero-order chi connectivity index (χ0) is 20.8. The minimum absolute atomic E-state index is 0.0104. The van der Waals surface area contributed by atoms with Gasteiger partial charge in [-0.25, -0.2) is 4.79 Å². The Kier molecular flexibility index (Phi) is 8.00. The highest BCUT2D eigenvalue weighted by atomic mass is 19.4. The number of hydrogen-bond acceptors (Lipinski definition) is 4. The summed E-state index contributed by atoms with van der Waals surface area (Å²) < 4.78 is 76.4. The van der Waals surface area contributed by atoms with Crippen molar-refractivity contribution >= 4 is 5.97 Å². The van der Waals surface area contributed by atoms with Gasteiger partial charge in [-0.3, -0.25) is 0 Å². The van der Waals surface area contributed by atoms with E-state index in [1.165, 1.54) is 0 Å². The number of rotatable bonds is 7. The topological polar surface area (TPSA) is 44.8 Å². The van der Waals surface area contributed by atoms with Gasteiger partial charge < -0.3 is 14.2 Å². The molecule has 0 radical (unpaired) electrons. The van der Waals surface area contributed by atoms with Gasteiger partial charge in [0.1, 0.15) is 0 Å². The molecule has 0 N–H and O–H groups in total. The summed E-state index contributed by atoms with van der Waals surface area (Å²) in [4.78, 5) is 11.1. The third-order valence-corrected chi connectivity index (χ3v) is 5.14. The third-order valence-electron chi connectivity index (χ3n) is 5.14. The molecule has 0 aromatic rings. The zero-order valence-electron chi connectivity index (χ0n) is 15.4. The van der Waals surface area contributed by atoms with Crippen molar-refractivity contribution in [1.82, 2.24) is 0 Å². The monoisotopic (exact) mass is 412 g/mol. The smallest absolute Gasteiger partial charge is 0.406 e. The lowest BCUT2D eigenvalue weighted by Gasteiger charge is -2.37. The SMILES string of the molecule is C=CCC/C=C/C1CCC(C2COC(OC(=O)C(F)(F)C(F)(F)F)OC2)CC1. The third kappa shape index (κ3) is 6.01. The van der Waals surface area contributed by atoms with Crippen LogP contribution in [-0.2, 0) is 19.0 Å². The molecular weight excluding hydrogens is 387 g/mol. The summed E-state index contributed by atoms with van der Waals surface area (Å²) in [6.07, 6.45) is 6.08. The van der Waals surface area contributed by atoms with Gasteiger partial charge in [-0.15, -0.1) is 6.58 Å². The summed E-state index contributed by atoms with van der Waals surface area (Å²) in [6.45, 7) is 2.00. The number of carbonyl (C=O) groups is 1. The average molecular weight is 412 g/mol. The van der Waals surface area contributed by atoms with Crippen LogP contribution in [0.4, 0.5) is 22.0 Å². The Morgan fingerprint density at radius 2 is 1.61 bits per heavy atom. The maximum Gasteiger partial charge on any atom is 0.465 e. The highest BCUT2D eigenvalue weighted by molar-refractivity contribution is 5.78. The summed E-state index contributed by atoms with van der Waals surface area (Å²) >= 11 is 0. The van der Waals surface area contributed by atoms with Gasteiger partial charge in [0, 0.05) is 5.92 Å². The van der Waals surface area contributed by atoms with Crippen LogP contribution in [-0.4, -0.2) is 37.8 Å². The van der Waals surface area contributed by atoms with Crippen LogP contribution in [0.1, 0.15) is 38.5 Å². The number of halogens is 5. The molecule has 1 saturated heterocycles. The molecular formula is C19H25F5O4. The van der Waals surface area contributed by atoms with Crippen LogP contribution >= 0.6 is 0 Å². The van der Waals surface area contributed by atoms with Crippen molar-refractivity contribution in [2.24, 2.45) is 17.8 Å². The lowest BCUT2D eigenvalue weighted by Crippen LogP contribution is -2.48. The Bertz CT molecular complexity index is 545. The summed E-state index contributed by atoms with van der Waals surface area (Å²) in [5.74, 6) is -7.51. The van der Waals surface area contributed by atoms with Crippen LogP contribution in [0, 0.1) is 17.8 Å². The molecule has 9 heteroatoms. The predicted octanol–water partition coefficient (Wildman–Crippen LogP) is 5.00. The molecule has 1 aliphatic carbocycles. The predicted molar refractivity (Wildman–Crippen MR) is 90.3 cm³/mol. The second-order valence-corrected chi connectivity index (χ2v) is 7.16. The van der Waals surface area contributed by atoms with Crippen molar-refractivity contribution in [2.75, 3.05) is 13.2 Å². The largest absolute Gasteiger partial charge is 0.465 e.